The molecule has 0 aliphatic carbocycles. The van der Waals surface area contributed by atoms with Gasteiger partial charge in [0.05, 0.1) is 29.9 Å². The largest absolute Gasteiger partial charge is 0.459 e. The van der Waals surface area contributed by atoms with Crippen molar-refractivity contribution in [2.75, 3.05) is 39.4 Å². The summed E-state index contributed by atoms with van der Waals surface area (Å²) in [5.41, 5.74) is 1.57. The summed E-state index contributed by atoms with van der Waals surface area (Å²) in [5.74, 6) is 1.32. The van der Waals surface area contributed by atoms with Crippen molar-refractivity contribution in [1.29, 1.82) is 0 Å². The van der Waals surface area contributed by atoms with Crippen LogP contribution in [0.4, 0.5) is 5.69 Å². The standard InChI is InChI=1S/C25H27N5O4S/c31-30(32)19-6-3-5-18(17-19)21-8-9-22(34-21)24-23(20-7-1-2-10-26-20)27-25(35)29(24)12-4-11-28-13-15-33-16-14-28/h1-3,5-10,17,23-24H,4,11-16H2,(H,27,35)/t23-,24-/m1/s1. The maximum Gasteiger partial charge on any atom is 0.270 e. The van der Waals surface area contributed by atoms with Crippen LogP contribution in [0.25, 0.3) is 11.3 Å². The summed E-state index contributed by atoms with van der Waals surface area (Å²) in [7, 11) is 0. The molecule has 2 aliphatic heterocycles. The van der Waals surface area contributed by atoms with Crippen LogP contribution in [0.2, 0.25) is 0 Å². The van der Waals surface area contributed by atoms with Crippen LogP contribution in [-0.4, -0.2) is 64.2 Å². The topological polar surface area (TPSA) is 96.9 Å². The lowest BCUT2D eigenvalue weighted by Crippen LogP contribution is -2.38. The Bertz CT molecular complexity index is 1180. The lowest BCUT2D eigenvalue weighted by molar-refractivity contribution is -0.384. The van der Waals surface area contributed by atoms with E-state index in [0.29, 0.717) is 16.4 Å². The number of non-ortho nitro benzene ring substituents is 1. The van der Waals surface area contributed by atoms with Crippen molar-refractivity contribution < 1.29 is 14.1 Å². The van der Waals surface area contributed by atoms with Crippen LogP contribution in [0.15, 0.2) is 65.2 Å². The van der Waals surface area contributed by atoms with Crippen LogP contribution < -0.4 is 5.32 Å². The van der Waals surface area contributed by atoms with Crippen LogP contribution in [-0.2, 0) is 4.74 Å². The van der Waals surface area contributed by atoms with Crippen molar-refractivity contribution in [3.63, 3.8) is 0 Å². The third-order valence-corrected chi connectivity index (χ3v) is 6.79. The van der Waals surface area contributed by atoms with Gasteiger partial charge in [0.25, 0.3) is 5.69 Å². The molecule has 10 heteroatoms. The molecule has 9 nitrogen and oxygen atoms in total. The van der Waals surface area contributed by atoms with Crippen LogP contribution >= 0.6 is 12.2 Å². The summed E-state index contributed by atoms with van der Waals surface area (Å²) in [6.07, 6.45) is 2.72. The zero-order chi connectivity index (χ0) is 24.2. The SMILES string of the molecule is O=[N+]([O-])c1cccc(-c2ccc([C@@H]3[C@@H](c4ccccn4)NC(=S)N3CCCN3CCOCC3)o2)c1. The molecule has 182 valence electrons. The summed E-state index contributed by atoms with van der Waals surface area (Å²) in [6, 6.07) is 15.7. The van der Waals surface area contributed by atoms with E-state index in [1.807, 2.05) is 36.4 Å². The number of nitro groups is 1. The number of nitrogens with zero attached hydrogens (tertiary/aromatic N) is 4. The van der Waals surface area contributed by atoms with E-state index >= 15 is 0 Å². The van der Waals surface area contributed by atoms with Gasteiger partial charge in [0.2, 0.25) is 0 Å². The molecule has 1 aromatic carbocycles. The van der Waals surface area contributed by atoms with Gasteiger partial charge >= 0.3 is 0 Å². The van der Waals surface area contributed by atoms with Crippen molar-refractivity contribution >= 4 is 23.0 Å². The fourth-order valence-electron chi connectivity index (χ4n) is 4.68. The second-order valence-corrected chi connectivity index (χ2v) is 9.02. The van der Waals surface area contributed by atoms with Crippen LogP contribution in [0, 0.1) is 10.1 Å². The van der Waals surface area contributed by atoms with Crippen molar-refractivity contribution in [2.45, 2.75) is 18.5 Å². The third-order valence-electron chi connectivity index (χ3n) is 6.43. The molecule has 0 radical (unpaired) electrons. The molecule has 2 aliphatic rings. The molecule has 3 aromatic rings. The number of morpholine rings is 1. The van der Waals surface area contributed by atoms with Crippen molar-refractivity contribution in [3.05, 3.63) is 82.4 Å². The molecule has 2 aromatic heterocycles. The molecule has 0 unspecified atom stereocenters. The maximum absolute atomic E-state index is 11.2. The fraction of sp³-hybridized carbons (Fsp3) is 0.360. The number of rotatable bonds is 8. The lowest BCUT2D eigenvalue weighted by atomic mass is 10.0. The molecular weight excluding hydrogens is 466 g/mol. The minimum absolute atomic E-state index is 0.0280. The molecule has 2 saturated heterocycles. The molecular formula is C25H27N5O4S. The fourth-order valence-corrected chi connectivity index (χ4v) is 5.02. The first-order chi connectivity index (χ1) is 17.1. The van der Waals surface area contributed by atoms with E-state index in [9.17, 15) is 10.1 Å². The molecule has 2 fully saturated rings. The summed E-state index contributed by atoms with van der Waals surface area (Å²) in [5, 5.41) is 15.3. The molecule has 0 spiro atoms. The minimum Gasteiger partial charge on any atom is -0.459 e. The van der Waals surface area contributed by atoms with Crippen molar-refractivity contribution in [2.24, 2.45) is 0 Å². The lowest BCUT2D eigenvalue weighted by Gasteiger charge is -2.29. The zero-order valence-corrected chi connectivity index (χ0v) is 20.0. The van der Waals surface area contributed by atoms with Gasteiger partial charge in [-0.1, -0.05) is 18.2 Å². The first kappa shape index (κ1) is 23.4. The highest BCUT2D eigenvalue weighted by molar-refractivity contribution is 7.80. The van der Waals surface area contributed by atoms with Gasteiger partial charge in [0, 0.05) is 50.1 Å². The van der Waals surface area contributed by atoms with Gasteiger partial charge < -0.3 is 19.4 Å². The first-order valence-electron chi connectivity index (χ1n) is 11.7. The maximum atomic E-state index is 11.2. The van der Waals surface area contributed by atoms with Gasteiger partial charge in [-0.05, 0) is 42.9 Å². The predicted octanol–water partition coefficient (Wildman–Crippen LogP) is 3.94. The Labute approximate surface area is 208 Å². The molecule has 0 amide bonds. The Hall–Kier alpha value is -3.34. The monoisotopic (exact) mass is 493 g/mol. The number of hydrogen-bond donors (Lipinski definition) is 1. The molecule has 35 heavy (non-hydrogen) atoms. The van der Waals surface area contributed by atoms with E-state index in [0.717, 1.165) is 57.3 Å². The van der Waals surface area contributed by atoms with Crippen molar-refractivity contribution in [3.8, 4) is 11.3 Å². The highest BCUT2D eigenvalue weighted by atomic mass is 32.1. The smallest absolute Gasteiger partial charge is 0.270 e. The highest BCUT2D eigenvalue weighted by Crippen LogP contribution is 2.40. The Balaban J connectivity index is 1.40. The molecule has 4 heterocycles. The average Bonchev–Trinajstić information content (AvgIpc) is 3.50. The number of nitro benzene ring substituents is 1. The van der Waals surface area contributed by atoms with E-state index in [2.05, 4.69) is 20.1 Å². The predicted molar refractivity (Wildman–Crippen MR) is 135 cm³/mol. The Kier molecular flexibility index (Phi) is 7.03. The van der Waals surface area contributed by atoms with Crippen molar-refractivity contribution in [1.82, 2.24) is 20.1 Å². The second kappa shape index (κ2) is 10.5. The second-order valence-electron chi connectivity index (χ2n) is 8.64. The quantitative estimate of drug-likeness (QED) is 0.284. The molecule has 1 N–H and O–H groups in total. The summed E-state index contributed by atoms with van der Waals surface area (Å²) >= 11 is 5.75. The van der Waals surface area contributed by atoms with Crippen LogP contribution in [0.1, 0.15) is 30.0 Å². The number of pyridine rings is 1. The van der Waals surface area contributed by atoms with E-state index in [-0.39, 0.29) is 17.8 Å². The number of hydrogen-bond acceptors (Lipinski definition) is 7. The summed E-state index contributed by atoms with van der Waals surface area (Å²) < 4.78 is 11.8. The highest BCUT2D eigenvalue weighted by Gasteiger charge is 2.41. The molecule has 2 atom stereocenters. The molecule has 0 saturated carbocycles. The summed E-state index contributed by atoms with van der Waals surface area (Å²) in [4.78, 5) is 20.0. The Morgan fingerprint density at radius 1 is 1.11 bits per heavy atom. The molecule has 0 bridgehead atoms. The average molecular weight is 494 g/mol. The van der Waals surface area contributed by atoms with E-state index in [1.165, 1.54) is 12.1 Å². The van der Waals surface area contributed by atoms with E-state index in [1.54, 1.807) is 12.3 Å². The number of aromatic nitrogens is 1. The Morgan fingerprint density at radius 3 is 2.74 bits per heavy atom. The number of thiocarbonyl (C=S) groups is 1. The van der Waals surface area contributed by atoms with Gasteiger partial charge in [-0.3, -0.25) is 20.0 Å². The summed E-state index contributed by atoms with van der Waals surface area (Å²) in [6.45, 7) is 5.20. The molecule has 5 rings (SSSR count). The zero-order valence-electron chi connectivity index (χ0n) is 19.2. The Morgan fingerprint density at radius 2 is 1.97 bits per heavy atom. The first-order valence-corrected chi connectivity index (χ1v) is 12.1. The number of ether oxygens (including phenoxy) is 1. The van der Waals surface area contributed by atoms with E-state index < -0.39 is 4.92 Å². The van der Waals surface area contributed by atoms with Gasteiger partial charge in [-0.2, -0.15) is 0 Å². The number of benzene rings is 1. The normalized spacial score (nSPS) is 20.7. The van der Waals surface area contributed by atoms with Crippen LogP contribution in [0.3, 0.4) is 0 Å². The number of furan rings is 1. The third kappa shape index (κ3) is 5.19. The van der Waals surface area contributed by atoms with Gasteiger partial charge in [0.1, 0.15) is 17.6 Å². The minimum atomic E-state index is -0.403. The van der Waals surface area contributed by atoms with Gasteiger partial charge in [0.15, 0.2) is 5.11 Å². The number of nitrogens with one attached hydrogen (secondary N) is 1. The van der Waals surface area contributed by atoms with Gasteiger partial charge in [-0.25, -0.2) is 0 Å². The van der Waals surface area contributed by atoms with Gasteiger partial charge in [-0.15, -0.1) is 0 Å². The van der Waals surface area contributed by atoms with E-state index in [4.69, 9.17) is 21.4 Å². The van der Waals surface area contributed by atoms with Crippen LogP contribution in [0.5, 0.6) is 0 Å².